The van der Waals surface area contributed by atoms with Crippen LogP contribution in [0.2, 0.25) is 0 Å². The van der Waals surface area contributed by atoms with E-state index in [4.69, 9.17) is 5.84 Å². The molecule has 1 aromatic heterocycles. The van der Waals surface area contributed by atoms with E-state index >= 15 is 0 Å². The number of hydrazine groups is 1. The number of nitrogens with one attached hydrogen (secondary N) is 1. The third-order valence-corrected chi connectivity index (χ3v) is 3.37. The van der Waals surface area contributed by atoms with Gasteiger partial charge in [0.1, 0.15) is 0 Å². The Morgan fingerprint density at radius 2 is 2.12 bits per heavy atom. The van der Waals surface area contributed by atoms with Crippen LogP contribution in [0.25, 0.3) is 0 Å². The van der Waals surface area contributed by atoms with Gasteiger partial charge in [0.25, 0.3) is 0 Å². The molecule has 0 bridgehead atoms. The first-order valence-corrected chi connectivity index (χ1v) is 6.05. The zero-order valence-corrected chi connectivity index (χ0v) is 10.8. The summed E-state index contributed by atoms with van der Waals surface area (Å²) in [5, 5.41) is 4.27. The lowest BCUT2D eigenvalue weighted by Gasteiger charge is -2.25. The van der Waals surface area contributed by atoms with E-state index in [1.165, 1.54) is 5.56 Å². The summed E-state index contributed by atoms with van der Waals surface area (Å²) in [6.07, 6.45) is 4.97. The lowest BCUT2D eigenvalue weighted by Crippen LogP contribution is -2.43. The molecule has 2 atom stereocenters. The van der Waals surface area contributed by atoms with Gasteiger partial charge in [-0.2, -0.15) is 5.10 Å². The minimum Gasteiger partial charge on any atom is -0.273 e. The molecular weight excluding hydrogens is 200 g/mol. The fourth-order valence-electron chi connectivity index (χ4n) is 1.80. The highest BCUT2D eigenvalue weighted by atomic mass is 15.3. The smallest absolute Gasteiger partial charge is 0.0522 e. The Morgan fingerprint density at radius 1 is 1.44 bits per heavy atom. The molecule has 0 amide bonds. The van der Waals surface area contributed by atoms with Crippen LogP contribution in [-0.2, 0) is 13.0 Å². The Morgan fingerprint density at radius 3 is 2.56 bits per heavy atom. The molecule has 3 N–H and O–H groups in total. The second-order valence-corrected chi connectivity index (χ2v) is 4.78. The van der Waals surface area contributed by atoms with E-state index in [1.54, 1.807) is 0 Å². The topological polar surface area (TPSA) is 55.9 Å². The highest BCUT2D eigenvalue weighted by Gasteiger charge is 2.19. The monoisotopic (exact) mass is 224 g/mol. The molecular formula is C12H24N4. The van der Waals surface area contributed by atoms with E-state index in [2.05, 4.69) is 44.4 Å². The summed E-state index contributed by atoms with van der Waals surface area (Å²) in [6.45, 7) is 9.70. The van der Waals surface area contributed by atoms with E-state index in [-0.39, 0.29) is 0 Å². The second-order valence-electron chi connectivity index (χ2n) is 4.78. The fourth-order valence-corrected chi connectivity index (χ4v) is 1.80. The third kappa shape index (κ3) is 3.32. The Balaban J connectivity index is 2.62. The molecule has 16 heavy (non-hydrogen) atoms. The first-order chi connectivity index (χ1) is 7.58. The van der Waals surface area contributed by atoms with Crippen molar-refractivity contribution in [3.8, 4) is 0 Å². The average Bonchev–Trinajstić information content (AvgIpc) is 2.72. The molecule has 0 spiro atoms. The van der Waals surface area contributed by atoms with Gasteiger partial charge in [-0.1, -0.05) is 20.8 Å². The van der Waals surface area contributed by atoms with Gasteiger partial charge in [0, 0.05) is 18.8 Å². The van der Waals surface area contributed by atoms with Crippen LogP contribution in [0.5, 0.6) is 0 Å². The third-order valence-electron chi connectivity index (χ3n) is 3.37. The predicted molar refractivity (Wildman–Crippen MR) is 66.7 cm³/mol. The molecule has 1 heterocycles. The number of hydrogen-bond donors (Lipinski definition) is 2. The SMILES string of the molecule is CCn1cc(CC(NN)C(C)C(C)C)cn1. The van der Waals surface area contributed by atoms with Crippen molar-refractivity contribution in [1.29, 1.82) is 0 Å². The maximum absolute atomic E-state index is 5.62. The molecule has 0 fully saturated rings. The molecule has 1 rings (SSSR count). The number of nitrogens with zero attached hydrogens (tertiary/aromatic N) is 2. The highest BCUT2D eigenvalue weighted by molar-refractivity contribution is 5.06. The Hall–Kier alpha value is -0.870. The van der Waals surface area contributed by atoms with Crippen molar-refractivity contribution in [2.24, 2.45) is 17.7 Å². The molecule has 0 aliphatic heterocycles. The van der Waals surface area contributed by atoms with Crippen molar-refractivity contribution >= 4 is 0 Å². The van der Waals surface area contributed by atoms with Gasteiger partial charge >= 0.3 is 0 Å². The standard InChI is InChI=1S/C12H24N4/c1-5-16-8-11(7-14-16)6-12(15-13)10(4)9(2)3/h7-10,12,15H,5-6,13H2,1-4H3. The van der Waals surface area contributed by atoms with Gasteiger partial charge in [-0.15, -0.1) is 0 Å². The van der Waals surface area contributed by atoms with E-state index < -0.39 is 0 Å². The van der Waals surface area contributed by atoms with Crippen LogP contribution in [0.3, 0.4) is 0 Å². The van der Waals surface area contributed by atoms with Crippen LogP contribution in [0.1, 0.15) is 33.3 Å². The largest absolute Gasteiger partial charge is 0.273 e. The Bertz CT molecular complexity index is 306. The van der Waals surface area contributed by atoms with Crippen LogP contribution in [-0.4, -0.2) is 15.8 Å². The van der Waals surface area contributed by atoms with Gasteiger partial charge in [0.05, 0.1) is 6.20 Å². The molecule has 1 aromatic rings. The van der Waals surface area contributed by atoms with Gasteiger partial charge in [-0.25, -0.2) is 0 Å². The first kappa shape index (κ1) is 13.2. The van der Waals surface area contributed by atoms with Crippen LogP contribution in [0, 0.1) is 11.8 Å². The van der Waals surface area contributed by atoms with Crippen LogP contribution in [0.15, 0.2) is 12.4 Å². The fraction of sp³-hybridized carbons (Fsp3) is 0.750. The van der Waals surface area contributed by atoms with Crippen molar-refractivity contribution in [2.45, 2.75) is 46.7 Å². The summed E-state index contributed by atoms with van der Waals surface area (Å²) < 4.78 is 1.95. The minimum absolute atomic E-state index is 0.314. The van der Waals surface area contributed by atoms with Crippen LogP contribution in [0.4, 0.5) is 0 Å². The van der Waals surface area contributed by atoms with Crippen LogP contribution >= 0.6 is 0 Å². The molecule has 0 aliphatic rings. The van der Waals surface area contributed by atoms with Gasteiger partial charge in [0.2, 0.25) is 0 Å². The van der Waals surface area contributed by atoms with Crippen molar-refractivity contribution < 1.29 is 0 Å². The van der Waals surface area contributed by atoms with Crippen molar-refractivity contribution in [1.82, 2.24) is 15.2 Å². The molecule has 0 aromatic carbocycles. The zero-order valence-electron chi connectivity index (χ0n) is 10.8. The van der Waals surface area contributed by atoms with Gasteiger partial charge in [-0.05, 0) is 30.7 Å². The van der Waals surface area contributed by atoms with Gasteiger partial charge in [0.15, 0.2) is 0 Å². The number of rotatable bonds is 6. The summed E-state index contributed by atoms with van der Waals surface area (Å²) in [6, 6.07) is 0.314. The molecule has 4 nitrogen and oxygen atoms in total. The summed E-state index contributed by atoms with van der Waals surface area (Å²) >= 11 is 0. The molecule has 2 unspecified atom stereocenters. The lowest BCUT2D eigenvalue weighted by molar-refractivity contribution is 0.299. The Kier molecular flexibility index (Phi) is 4.96. The lowest BCUT2D eigenvalue weighted by atomic mass is 9.87. The molecule has 0 saturated heterocycles. The number of aryl methyl sites for hydroxylation is 1. The quantitative estimate of drug-likeness (QED) is 0.569. The summed E-state index contributed by atoms with van der Waals surface area (Å²) in [5.41, 5.74) is 4.17. The van der Waals surface area contributed by atoms with Gasteiger partial charge in [-0.3, -0.25) is 16.0 Å². The molecule has 4 heteroatoms. The van der Waals surface area contributed by atoms with Crippen molar-refractivity contribution in [3.63, 3.8) is 0 Å². The number of hydrogen-bond acceptors (Lipinski definition) is 3. The van der Waals surface area contributed by atoms with E-state index in [1.807, 2.05) is 10.9 Å². The first-order valence-electron chi connectivity index (χ1n) is 6.05. The number of aromatic nitrogens is 2. The molecule has 92 valence electrons. The predicted octanol–water partition coefficient (Wildman–Crippen LogP) is 1.57. The van der Waals surface area contributed by atoms with E-state index in [0.717, 1.165) is 13.0 Å². The van der Waals surface area contributed by atoms with Gasteiger partial charge < -0.3 is 0 Å². The minimum atomic E-state index is 0.314. The maximum Gasteiger partial charge on any atom is 0.0522 e. The highest BCUT2D eigenvalue weighted by Crippen LogP contribution is 2.17. The summed E-state index contributed by atoms with van der Waals surface area (Å²) in [7, 11) is 0. The summed E-state index contributed by atoms with van der Waals surface area (Å²) in [4.78, 5) is 0. The normalized spacial score (nSPS) is 15.4. The maximum atomic E-state index is 5.62. The van der Waals surface area contributed by atoms with Crippen molar-refractivity contribution in [2.75, 3.05) is 0 Å². The van der Waals surface area contributed by atoms with Crippen LogP contribution < -0.4 is 11.3 Å². The zero-order chi connectivity index (χ0) is 12.1. The second kappa shape index (κ2) is 6.01. The Labute approximate surface area is 98.2 Å². The van der Waals surface area contributed by atoms with E-state index in [0.29, 0.717) is 17.9 Å². The number of nitrogens with two attached hydrogens (primary N) is 1. The summed E-state index contributed by atoms with van der Waals surface area (Å²) in [5.74, 6) is 6.80. The molecule has 0 saturated carbocycles. The van der Waals surface area contributed by atoms with E-state index in [9.17, 15) is 0 Å². The van der Waals surface area contributed by atoms with Crippen molar-refractivity contribution in [3.05, 3.63) is 18.0 Å². The average molecular weight is 224 g/mol. The molecule has 0 radical (unpaired) electrons. The molecule has 0 aliphatic carbocycles.